The van der Waals surface area contributed by atoms with Crippen molar-refractivity contribution in [1.82, 2.24) is 5.32 Å². The summed E-state index contributed by atoms with van der Waals surface area (Å²) in [6, 6.07) is 9.10. The first-order chi connectivity index (χ1) is 7.36. The quantitative estimate of drug-likeness (QED) is 0.750. The van der Waals surface area contributed by atoms with Gasteiger partial charge < -0.3 is 4.74 Å². The molecule has 80 valence electrons. The fourth-order valence-corrected chi connectivity index (χ4v) is 1.69. The predicted molar refractivity (Wildman–Crippen MR) is 57.5 cm³/mol. The highest BCUT2D eigenvalue weighted by molar-refractivity contribution is 5.89. The molecule has 2 rings (SSSR count). The van der Waals surface area contributed by atoms with Crippen LogP contribution in [0.25, 0.3) is 0 Å². The Hall–Kier alpha value is -1.35. The summed E-state index contributed by atoms with van der Waals surface area (Å²) in [5.41, 5.74) is 0.616. The molecule has 1 unspecified atom stereocenters. The van der Waals surface area contributed by atoms with Crippen LogP contribution < -0.4 is 5.32 Å². The molecule has 3 nitrogen and oxygen atoms in total. The predicted octanol–water partition coefficient (Wildman–Crippen LogP) is 1.94. The SMILES string of the molecule is O=C(OC1CCCCN1)c1ccccc1. The molecule has 0 spiro atoms. The van der Waals surface area contributed by atoms with Crippen molar-refractivity contribution >= 4 is 5.97 Å². The third-order valence-electron chi connectivity index (χ3n) is 2.52. The molecular formula is C12H15NO2. The van der Waals surface area contributed by atoms with Crippen molar-refractivity contribution in [3.05, 3.63) is 35.9 Å². The maximum absolute atomic E-state index is 11.7. The minimum Gasteiger partial charge on any atom is -0.443 e. The van der Waals surface area contributed by atoms with E-state index in [1.54, 1.807) is 12.1 Å². The molecule has 3 heteroatoms. The van der Waals surface area contributed by atoms with E-state index in [-0.39, 0.29) is 12.2 Å². The normalized spacial score (nSPS) is 20.9. The van der Waals surface area contributed by atoms with Gasteiger partial charge in [0, 0.05) is 0 Å². The van der Waals surface area contributed by atoms with Gasteiger partial charge in [0.15, 0.2) is 6.23 Å². The molecule has 1 aromatic rings. The molecule has 0 aromatic heterocycles. The molecule has 15 heavy (non-hydrogen) atoms. The van der Waals surface area contributed by atoms with Crippen LogP contribution >= 0.6 is 0 Å². The molecule has 0 aliphatic carbocycles. The number of ether oxygens (including phenoxy) is 1. The fourth-order valence-electron chi connectivity index (χ4n) is 1.69. The largest absolute Gasteiger partial charge is 0.443 e. The minimum atomic E-state index is -0.241. The Bertz CT molecular complexity index is 318. The van der Waals surface area contributed by atoms with E-state index in [1.165, 1.54) is 6.42 Å². The molecule has 1 N–H and O–H groups in total. The first-order valence-electron chi connectivity index (χ1n) is 5.36. The summed E-state index contributed by atoms with van der Waals surface area (Å²) in [7, 11) is 0. The third-order valence-corrected chi connectivity index (χ3v) is 2.52. The van der Waals surface area contributed by atoms with Crippen molar-refractivity contribution < 1.29 is 9.53 Å². The minimum absolute atomic E-state index is 0.105. The number of carbonyl (C=O) groups is 1. The van der Waals surface area contributed by atoms with Crippen LogP contribution in [0.5, 0.6) is 0 Å². The van der Waals surface area contributed by atoms with Crippen molar-refractivity contribution in [2.24, 2.45) is 0 Å². The number of piperidine rings is 1. The molecule has 0 amide bonds. The number of hydrogen-bond donors (Lipinski definition) is 1. The van der Waals surface area contributed by atoms with Gasteiger partial charge in [-0.2, -0.15) is 0 Å². The van der Waals surface area contributed by atoms with Crippen LogP contribution in [0.4, 0.5) is 0 Å². The Morgan fingerprint density at radius 2 is 2.07 bits per heavy atom. The van der Waals surface area contributed by atoms with Gasteiger partial charge in [-0.15, -0.1) is 0 Å². The summed E-state index contributed by atoms with van der Waals surface area (Å²) in [5, 5.41) is 3.18. The lowest BCUT2D eigenvalue weighted by Gasteiger charge is -2.23. The second kappa shape index (κ2) is 4.94. The van der Waals surface area contributed by atoms with Crippen molar-refractivity contribution in [3.8, 4) is 0 Å². The molecule has 0 radical (unpaired) electrons. The van der Waals surface area contributed by atoms with Crippen molar-refractivity contribution in [1.29, 1.82) is 0 Å². The monoisotopic (exact) mass is 205 g/mol. The molecule has 1 aliphatic rings. The zero-order valence-electron chi connectivity index (χ0n) is 8.61. The average Bonchev–Trinajstić information content (AvgIpc) is 2.31. The number of nitrogens with one attached hydrogen (secondary N) is 1. The number of benzene rings is 1. The van der Waals surface area contributed by atoms with Gasteiger partial charge in [0.05, 0.1) is 5.56 Å². The topological polar surface area (TPSA) is 38.3 Å². The first-order valence-corrected chi connectivity index (χ1v) is 5.36. The van der Waals surface area contributed by atoms with Crippen molar-refractivity contribution in [3.63, 3.8) is 0 Å². The molecule has 0 bridgehead atoms. The van der Waals surface area contributed by atoms with Crippen LogP contribution in [0.15, 0.2) is 30.3 Å². The Morgan fingerprint density at radius 1 is 1.27 bits per heavy atom. The second-order valence-corrected chi connectivity index (χ2v) is 3.71. The summed E-state index contributed by atoms with van der Waals surface area (Å²) in [6.07, 6.45) is 3.10. The van der Waals surface area contributed by atoms with Crippen LogP contribution in [0.3, 0.4) is 0 Å². The van der Waals surface area contributed by atoms with E-state index in [9.17, 15) is 4.79 Å². The second-order valence-electron chi connectivity index (χ2n) is 3.71. The van der Waals surface area contributed by atoms with E-state index in [0.717, 1.165) is 19.4 Å². The smallest absolute Gasteiger partial charge is 0.339 e. The highest BCUT2D eigenvalue weighted by Gasteiger charge is 2.17. The van der Waals surface area contributed by atoms with Gasteiger partial charge in [0.25, 0.3) is 0 Å². The van der Waals surface area contributed by atoms with Crippen molar-refractivity contribution in [2.45, 2.75) is 25.5 Å². The van der Waals surface area contributed by atoms with E-state index in [0.29, 0.717) is 5.56 Å². The lowest BCUT2D eigenvalue weighted by Crippen LogP contribution is -2.37. The van der Waals surface area contributed by atoms with Gasteiger partial charge in [-0.1, -0.05) is 18.2 Å². The number of esters is 1. The molecular weight excluding hydrogens is 190 g/mol. The maximum Gasteiger partial charge on any atom is 0.339 e. The lowest BCUT2D eigenvalue weighted by atomic mass is 10.1. The number of hydrogen-bond acceptors (Lipinski definition) is 3. The van der Waals surface area contributed by atoms with Gasteiger partial charge in [0.2, 0.25) is 0 Å². The number of carbonyl (C=O) groups excluding carboxylic acids is 1. The molecule has 1 fully saturated rings. The van der Waals surface area contributed by atoms with Gasteiger partial charge in [0.1, 0.15) is 0 Å². The fraction of sp³-hybridized carbons (Fsp3) is 0.417. The van der Waals surface area contributed by atoms with Crippen LogP contribution in [0.1, 0.15) is 29.6 Å². The van der Waals surface area contributed by atoms with Gasteiger partial charge >= 0.3 is 5.97 Å². The van der Waals surface area contributed by atoms with Crippen LogP contribution in [0.2, 0.25) is 0 Å². The Labute approximate surface area is 89.4 Å². The maximum atomic E-state index is 11.7. The molecule has 1 saturated heterocycles. The molecule has 1 heterocycles. The lowest BCUT2D eigenvalue weighted by molar-refractivity contribution is 0.0140. The van der Waals surface area contributed by atoms with Gasteiger partial charge in [-0.3, -0.25) is 5.32 Å². The Balaban J connectivity index is 1.91. The summed E-state index contributed by atoms with van der Waals surface area (Å²) < 4.78 is 5.33. The zero-order chi connectivity index (χ0) is 10.5. The van der Waals surface area contributed by atoms with E-state index in [2.05, 4.69) is 5.32 Å². The molecule has 1 atom stereocenters. The zero-order valence-corrected chi connectivity index (χ0v) is 8.61. The van der Waals surface area contributed by atoms with Crippen LogP contribution in [-0.4, -0.2) is 18.7 Å². The van der Waals surface area contributed by atoms with E-state index >= 15 is 0 Å². The van der Waals surface area contributed by atoms with Crippen molar-refractivity contribution in [2.75, 3.05) is 6.54 Å². The standard InChI is InChI=1S/C12H15NO2/c14-12(10-6-2-1-3-7-10)15-11-8-4-5-9-13-11/h1-3,6-7,11,13H,4-5,8-9H2. The van der Waals surface area contributed by atoms with Crippen LogP contribution in [-0.2, 0) is 4.74 Å². The summed E-state index contributed by atoms with van der Waals surface area (Å²) in [6.45, 7) is 0.937. The highest BCUT2D eigenvalue weighted by atomic mass is 16.6. The molecule has 1 aliphatic heterocycles. The Morgan fingerprint density at radius 3 is 2.73 bits per heavy atom. The molecule has 0 saturated carbocycles. The summed E-state index contributed by atoms with van der Waals surface area (Å²) >= 11 is 0. The van der Waals surface area contributed by atoms with Gasteiger partial charge in [-0.05, 0) is 37.9 Å². The van der Waals surface area contributed by atoms with E-state index in [4.69, 9.17) is 4.74 Å². The van der Waals surface area contributed by atoms with E-state index < -0.39 is 0 Å². The van der Waals surface area contributed by atoms with Gasteiger partial charge in [-0.25, -0.2) is 4.79 Å². The highest BCUT2D eigenvalue weighted by Crippen LogP contribution is 2.10. The first kappa shape index (κ1) is 10.2. The van der Waals surface area contributed by atoms with Crippen LogP contribution in [0, 0.1) is 0 Å². The summed E-state index contributed by atoms with van der Waals surface area (Å²) in [5.74, 6) is -0.241. The van der Waals surface area contributed by atoms with E-state index in [1.807, 2.05) is 18.2 Å². The molecule has 1 aromatic carbocycles. The summed E-state index contributed by atoms with van der Waals surface area (Å²) in [4.78, 5) is 11.7. The average molecular weight is 205 g/mol. The Kier molecular flexibility index (Phi) is 3.35. The third kappa shape index (κ3) is 2.80. The number of rotatable bonds is 2.